The Morgan fingerprint density at radius 3 is 1.97 bits per heavy atom. The molecule has 0 aliphatic carbocycles. The van der Waals surface area contributed by atoms with Gasteiger partial charge in [-0.1, -0.05) is 18.7 Å². The third-order valence-electron chi connectivity index (χ3n) is 5.84. The summed E-state index contributed by atoms with van der Waals surface area (Å²) in [5, 5.41) is 11.9. The fraction of sp³-hybridized carbons (Fsp3) is 0.207. The summed E-state index contributed by atoms with van der Waals surface area (Å²) in [5.41, 5.74) is 3.77. The number of hydrogen-bond acceptors (Lipinski definition) is 9. The summed E-state index contributed by atoms with van der Waals surface area (Å²) < 4.78 is 15.9. The predicted molar refractivity (Wildman–Crippen MR) is 151 cm³/mol. The molecule has 0 spiro atoms. The van der Waals surface area contributed by atoms with Crippen LogP contribution in [-0.2, 0) is 4.79 Å². The highest BCUT2D eigenvalue weighted by Crippen LogP contribution is 2.32. The molecule has 0 saturated carbocycles. The largest absolute Gasteiger partial charge is 0.497 e. The number of amides is 1. The van der Waals surface area contributed by atoms with Crippen molar-refractivity contribution < 1.29 is 23.8 Å². The van der Waals surface area contributed by atoms with E-state index in [0.29, 0.717) is 40.0 Å². The number of carbonyl (C=O) groups is 2. The van der Waals surface area contributed by atoms with Crippen LogP contribution in [0.25, 0.3) is 22.5 Å². The maximum atomic E-state index is 13.0. The summed E-state index contributed by atoms with van der Waals surface area (Å²) in [4.78, 5) is 29.7. The van der Waals surface area contributed by atoms with Crippen LogP contribution in [0.5, 0.6) is 17.2 Å². The first-order chi connectivity index (χ1) is 18.9. The second-order valence-electron chi connectivity index (χ2n) is 8.28. The van der Waals surface area contributed by atoms with Gasteiger partial charge in [-0.25, -0.2) is 4.98 Å². The number of anilines is 1. The number of nitrogens with zero attached hydrogens (tertiary/aromatic N) is 3. The van der Waals surface area contributed by atoms with E-state index in [1.165, 1.54) is 18.9 Å². The number of nitrogens with one attached hydrogen (secondary N) is 1. The van der Waals surface area contributed by atoms with E-state index in [1.807, 2.05) is 48.5 Å². The molecule has 0 bridgehead atoms. The fourth-order valence-corrected chi connectivity index (χ4v) is 4.38. The molecule has 0 aliphatic heterocycles. The third kappa shape index (κ3) is 6.71. The molecular weight excluding hydrogens is 516 g/mol. The van der Waals surface area contributed by atoms with Crippen LogP contribution in [0.15, 0.2) is 71.9 Å². The van der Waals surface area contributed by atoms with Crippen LogP contribution in [0, 0.1) is 0 Å². The van der Waals surface area contributed by atoms with Crippen LogP contribution in [0.2, 0.25) is 0 Å². The van der Waals surface area contributed by atoms with E-state index in [9.17, 15) is 9.59 Å². The van der Waals surface area contributed by atoms with Gasteiger partial charge in [0.2, 0.25) is 11.1 Å². The number of ether oxygens (including phenoxy) is 3. The highest BCUT2D eigenvalue weighted by Gasteiger charge is 2.17. The van der Waals surface area contributed by atoms with Gasteiger partial charge in [-0.05, 0) is 66.7 Å². The van der Waals surface area contributed by atoms with Crippen LogP contribution in [0.3, 0.4) is 0 Å². The Labute approximate surface area is 230 Å². The molecule has 0 radical (unpaired) electrons. The van der Waals surface area contributed by atoms with Gasteiger partial charge in [0, 0.05) is 23.1 Å². The van der Waals surface area contributed by atoms with Crippen molar-refractivity contribution in [3.8, 4) is 39.8 Å². The van der Waals surface area contributed by atoms with Gasteiger partial charge in [-0.15, -0.1) is 10.2 Å². The minimum Gasteiger partial charge on any atom is -0.497 e. The van der Waals surface area contributed by atoms with E-state index < -0.39 is 0 Å². The Morgan fingerprint density at radius 1 is 0.795 bits per heavy atom. The Kier molecular flexibility index (Phi) is 9.11. The smallest absolute Gasteiger partial charge is 0.224 e. The summed E-state index contributed by atoms with van der Waals surface area (Å²) in [7, 11) is 4.73. The summed E-state index contributed by atoms with van der Waals surface area (Å²) in [6, 6.07) is 19.9. The number of methoxy groups -OCH3 is 3. The molecule has 3 aromatic carbocycles. The molecule has 0 unspecified atom stereocenters. The lowest BCUT2D eigenvalue weighted by molar-refractivity contribution is -0.115. The molecule has 0 fully saturated rings. The zero-order valence-electron chi connectivity index (χ0n) is 22.1. The number of Topliss-reactive ketones (excluding diaryl/α,β-unsaturated/α-hetero) is 1. The number of hydrogen-bond donors (Lipinski definition) is 1. The number of carbonyl (C=O) groups excluding carboxylic acids is 2. The highest BCUT2D eigenvalue weighted by molar-refractivity contribution is 7.99. The Morgan fingerprint density at radius 2 is 1.41 bits per heavy atom. The van der Waals surface area contributed by atoms with Gasteiger partial charge in [0.25, 0.3) is 0 Å². The van der Waals surface area contributed by atoms with E-state index >= 15 is 0 Å². The van der Waals surface area contributed by atoms with Gasteiger partial charge in [0.15, 0.2) is 5.78 Å². The zero-order chi connectivity index (χ0) is 27.8. The van der Waals surface area contributed by atoms with Gasteiger partial charge in [0.05, 0.1) is 32.8 Å². The molecule has 1 heterocycles. The lowest BCUT2D eigenvalue weighted by Crippen LogP contribution is -2.12. The van der Waals surface area contributed by atoms with Crippen molar-refractivity contribution in [2.24, 2.45) is 0 Å². The van der Waals surface area contributed by atoms with Crippen molar-refractivity contribution in [2.75, 3.05) is 32.4 Å². The molecule has 1 amide bonds. The SMILES string of the molecule is CCC(=O)Nc1cc(C(=O)CSc2nnc(-c3ccc(OC)cc3)c(-c3ccc(OC)cc3)n2)ccc1OC. The van der Waals surface area contributed by atoms with Crippen LogP contribution >= 0.6 is 11.8 Å². The maximum absolute atomic E-state index is 13.0. The first-order valence-electron chi connectivity index (χ1n) is 12.1. The van der Waals surface area contributed by atoms with Crippen molar-refractivity contribution in [2.45, 2.75) is 18.5 Å². The van der Waals surface area contributed by atoms with Gasteiger partial charge < -0.3 is 19.5 Å². The maximum Gasteiger partial charge on any atom is 0.224 e. The number of benzene rings is 3. The molecule has 4 rings (SSSR count). The van der Waals surface area contributed by atoms with Gasteiger partial charge >= 0.3 is 0 Å². The molecule has 1 aromatic heterocycles. The molecule has 0 aliphatic rings. The minimum absolute atomic E-state index is 0.0824. The molecule has 10 heteroatoms. The predicted octanol–water partition coefficient (Wildman–Crippen LogP) is 5.55. The van der Waals surface area contributed by atoms with E-state index in [0.717, 1.165) is 22.6 Å². The van der Waals surface area contributed by atoms with E-state index in [2.05, 4.69) is 15.5 Å². The molecule has 1 N–H and O–H groups in total. The highest BCUT2D eigenvalue weighted by atomic mass is 32.2. The monoisotopic (exact) mass is 544 g/mol. The quantitative estimate of drug-likeness (QED) is 0.192. The average molecular weight is 545 g/mol. The second-order valence-corrected chi connectivity index (χ2v) is 9.22. The lowest BCUT2D eigenvalue weighted by atomic mass is 10.0. The summed E-state index contributed by atoms with van der Waals surface area (Å²) in [6.07, 6.45) is 0.310. The minimum atomic E-state index is -0.172. The van der Waals surface area contributed by atoms with Crippen molar-refractivity contribution >= 4 is 29.1 Å². The second kappa shape index (κ2) is 12.9. The van der Waals surface area contributed by atoms with Crippen LogP contribution < -0.4 is 19.5 Å². The van der Waals surface area contributed by atoms with Gasteiger partial charge in [-0.3, -0.25) is 9.59 Å². The van der Waals surface area contributed by atoms with Gasteiger partial charge in [-0.2, -0.15) is 0 Å². The summed E-state index contributed by atoms with van der Waals surface area (Å²) in [6.45, 7) is 1.75. The molecule has 200 valence electrons. The summed E-state index contributed by atoms with van der Waals surface area (Å²) in [5.74, 6) is 1.69. The molecule has 39 heavy (non-hydrogen) atoms. The van der Waals surface area contributed by atoms with Crippen molar-refractivity contribution in [3.05, 3.63) is 72.3 Å². The standard InChI is InChI=1S/C29H28N4O5S/c1-5-26(35)30-23-16-20(10-15-25(23)38-4)24(34)17-39-29-31-27(18-6-11-21(36-2)12-7-18)28(32-33-29)19-8-13-22(37-3)14-9-19/h6-16H,5,17H2,1-4H3,(H,30,35). The molecule has 9 nitrogen and oxygen atoms in total. The number of thioether (sulfide) groups is 1. The molecular formula is C29H28N4O5S. The molecule has 0 saturated heterocycles. The molecule has 0 atom stereocenters. The van der Waals surface area contributed by atoms with Crippen molar-refractivity contribution in [1.82, 2.24) is 15.2 Å². The van der Waals surface area contributed by atoms with Crippen molar-refractivity contribution in [3.63, 3.8) is 0 Å². The topological polar surface area (TPSA) is 113 Å². The number of ketones is 1. The van der Waals surface area contributed by atoms with Crippen molar-refractivity contribution in [1.29, 1.82) is 0 Å². The first-order valence-corrected chi connectivity index (χ1v) is 13.1. The van der Waals surface area contributed by atoms with Crippen LogP contribution in [-0.4, -0.2) is 54.0 Å². The fourth-order valence-electron chi connectivity index (χ4n) is 3.70. The summed E-state index contributed by atoms with van der Waals surface area (Å²) >= 11 is 1.19. The third-order valence-corrected chi connectivity index (χ3v) is 6.68. The number of rotatable bonds is 11. The Hall–Kier alpha value is -4.44. The number of aromatic nitrogens is 3. The Bertz CT molecular complexity index is 1460. The van der Waals surface area contributed by atoms with Gasteiger partial charge in [0.1, 0.15) is 28.6 Å². The lowest BCUT2D eigenvalue weighted by Gasteiger charge is -2.12. The van der Waals surface area contributed by atoms with E-state index in [4.69, 9.17) is 19.2 Å². The zero-order valence-corrected chi connectivity index (χ0v) is 22.9. The van der Waals surface area contributed by atoms with E-state index in [-0.39, 0.29) is 17.4 Å². The van der Waals surface area contributed by atoms with Crippen LogP contribution in [0.4, 0.5) is 5.69 Å². The normalized spacial score (nSPS) is 10.6. The van der Waals surface area contributed by atoms with E-state index in [1.54, 1.807) is 39.3 Å². The Balaban J connectivity index is 1.60. The molecule has 4 aromatic rings. The average Bonchev–Trinajstić information content (AvgIpc) is 2.99. The first kappa shape index (κ1) is 27.6. The van der Waals surface area contributed by atoms with Crippen LogP contribution in [0.1, 0.15) is 23.7 Å².